The van der Waals surface area contributed by atoms with Gasteiger partial charge in [0.25, 0.3) is 0 Å². The van der Waals surface area contributed by atoms with Gasteiger partial charge in [0.2, 0.25) is 0 Å². The van der Waals surface area contributed by atoms with Gasteiger partial charge in [-0.1, -0.05) is 323 Å². The Kier molecular flexibility index (Phi) is 66.3. The maximum absolute atomic E-state index is 13.1. The van der Waals surface area contributed by atoms with Gasteiger partial charge >= 0.3 is 39.5 Å². The van der Waals surface area contributed by atoms with Crippen LogP contribution >= 0.6 is 15.6 Å². The van der Waals surface area contributed by atoms with Gasteiger partial charge in [-0.25, -0.2) is 9.13 Å². The van der Waals surface area contributed by atoms with Crippen LogP contribution in [0.3, 0.4) is 0 Å². The number of ether oxygens (including phenoxy) is 4. The zero-order chi connectivity index (χ0) is 71.6. The molecule has 0 aromatic heterocycles. The summed E-state index contributed by atoms with van der Waals surface area (Å²) in [6.07, 6.45) is 57.8. The van der Waals surface area contributed by atoms with Crippen LogP contribution in [-0.4, -0.2) is 96.7 Å². The molecule has 3 N–H and O–H groups in total. The molecule has 0 saturated heterocycles. The SMILES string of the molecule is CCCCCC/C=C\C=C/CCCCCCCC(=O)O[C@H](COC(=O)CCCCCCCCC(C)C)COP(=O)(O)OC[C@H](O)COP(=O)(O)OC[C@@H](COC(=O)CCCCCCCCCCCCCCCCC(C)C)OC(=O)CCCCCCCCCCCCCCCC(C)C. The number of allylic oxidation sites excluding steroid dienone is 4. The maximum atomic E-state index is 13.1. The van der Waals surface area contributed by atoms with Crippen LogP contribution in [0.25, 0.3) is 0 Å². The molecule has 0 spiro atoms. The molecular formula is C78H148O17P2. The second-order valence-corrected chi connectivity index (χ2v) is 31.7. The molecule has 0 aromatic rings. The number of carbonyl (C=O) groups excluding carboxylic acids is 4. The monoisotopic (exact) mass is 1420 g/mol. The number of phosphoric ester groups is 2. The van der Waals surface area contributed by atoms with E-state index < -0.39 is 97.5 Å². The van der Waals surface area contributed by atoms with E-state index in [0.717, 1.165) is 121 Å². The molecule has 0 bridgehead atoms. The Hall–Kier alpha value is -2.46. The standard InChI is InChI=1S/C78H148O17P2/c1-8-9-10-11-12-13-14-15-16-23-28-33-38-47-54-61-78(83)95-74(66-89-76(81)60-53-46-41-40-44-51-58-71(6)7)68-93-97(86,87)91-64-72(79)63-90-96(84,85)92-67-73(94-77(82)62-55-48-39-34-29-24-19-21-26-31-36-43-50-57-70(4)5)65-88-75(80)59-52-45-37-32-27-22-18-17-20-25-30-35-42-49-56-69(2)3/h13-16,69-74,79H,8-12,17-68H2,1-7H3,(H,84,85)(H,86,87)/b14-13-,16-15-/t72-,73-,74-/m1/s1. The van der Waals surface area contributed by atoms with Gasteiger partial charge in [-0.15, -0.1) is 0 Å². The van der Waals surface area contributed by atoms with Crippen LogP contribution in [0, 0.1) is 17.8 Å². The van der Waals surface area contributed by atoms with Crippen LogP contribution in [0.4, 0.5) is 0 Å². The number of unbranched alkanes of at least 4 members (excludes halogenated alkanes) is 39. The van der Waals surface area contributed by atoms with Crippen LogP contribution in [0.2, 0.25) is 0 Å². The number of hydrogen-bond donors (Lipinski definition) is 3. The number of hydrogen-bond acceptors (Lipinski definition) is 15. The lowest BCUT2D eigenvalue weighted by Crippen LogP contribution is -2.30. The maximum Gasteiger partial charge on any atom is 0.472 e. The third-order valence-corrected chi connectivity index (χ3v) is 19.4. The van der Waals surface area contributed by atoms with Crippen molar-refractivity contribution in [2.24, 2.45) is 17.8 Å². The number of rotatable bonds is 74. The highest BCUT2D eigenvalue weighted by atomic mass is 31.2. The molecule has 5 atom stereocenters. The molecule has 572 valence electrons. The lowest BCUT2D eigenvalue weighted by Gasteiger charge is -2.21. The normalized spacial score (nSPS) is 14.2. The van der Waals surface area contributed by atoms with E-state index in [4.69, 9.17) is 37.0 Å². The van der Waals surface area contributed by atoms with E-state index >= 15 is 0 Å². The zero-order valence-electron chi connectivity index (χ0n) is 63.0. The van der Waals surface area contributed by atoms with Crippen LogP contribution in [0.15, 0.2) is 24.3 Å². The van der Waals surface area contributed by atoms with Crippen LogP contribution < -0.4 is 0 Å². The van der Waals surface area contributed by atoms with Gasteiger partial charge in [-0.2, -0.15) is 0 Å². The molecule has 0 heterocycles. The van der Waals surface area contributed by atoms with Gasteiger partial charge in [-0.05, 0) is 69.1 Å². The molecule has 0 aromatic carbocycles. The van der Waals surface area contributed by atoms with Gasteiger partial charge < -0.3 is 33.8 Å². The van der Waals surface area contributed by atoms with Gasteiger partial charge in [0.15, 0.2) is 12.2 Å². The topological polar surface area (TPSA) is 237 Å². The van der Waals surface area contributed by atoms with Crippen molar-refractivity contribution >= 4 is 39.5 Å². The summed E-state index contributed by atoms with van der Waals surface area (Å²) in [6, 6.07) is 0. The van der Waals surface area contributed by atoms with Crippen molar-refractivity contribution in [3.8, 4) is 0 Å². The highest BCUT2D eigenvalue weighted by Gasteiger charge is 2.30. The molecule has 0 fully saturated rings. The molecule has 0 aliphatic heterocycles. The summed E-state index contributed by atoms with van der Waals surface area (Å²) in [7, 11) is -9.93. The summed E-state index contributed by atoms with van der Waals surface area (Å²) < 4.78 is 68.5. The Morgan fingerprint density at radius 1 is 0.320 bits per heavy atom. The lowest BCUT2D eigenvalue weighted by molar-refractivity contribution is -0.161. The van der Waals surface area contributed by atoms with Gasteiger partial charge in [0.05, 0.1) is 26.4 Å². The van der Waals surface area contributed by atoms with Gasteiger partial charge in [0.1, 0.15) is 19.3 Å². The number of aliphatic hydroxyl groups is 1. The summed E-state index contributed by atoms with van der Waals surface area (Å²) in [5, 5.41) is 10.6. The molecule has 0 rings (SSSR count). The molecule has 2 unspecified atom stereocenters. The number of carbonyl (C=O) groups is 4. The fraction of sp³-hybridized carbons (Fsp3) is 0.897. The highest BCUT2D eigenvalue weighted by Crippen LogP contribution is 2.45. The van der Waals surface area contributed by atoms with Crippen molar-refractivity contribution in [2.75, 3.05) is 39.6 Å². The van der Waals surface area contributed by atoms with Gasteiger partial charge in [0, 0.05) is 25.7 Å². The second kappa shape index (κ2) is 68.0. The Morgan fingerprint density at radius 2 is 0.557 bits per heavy atom. The quantitative estimate of drug-likeness (QED) is 0.0169. The first kappa shape index (κ1) is 94.5. The minimum absolute atomic E-state index is 0.0838. The summed E-state index contributed by atoms with van der Waals surface area (Å²) in [5.41, 5.74) is 0. The average molecular weight is 1420 g/mol. The summed E-state index contributed by atoms with van der Waals surface area (Å²) in [5.74, 6) is 0.111. The Labute approximate surface area is 592 Å². The zero-order valence-corrected chi connectivity index (χ0v) is 64.8. The molecule has 0 amide bonds. The van der Waals surface area contributed by atoms with Crippen molar-refractivity contribution in [1.82, 2.24) is 0 Å². The third-order valence-electron chi connectivity index (χ3n) is 17.5. The minimum atomic E-state index is -4.96. The average Bonchev–Trinajstić information content (AvgIpc) is 1.48. The predicted octanol–water partition coefficient (Wildman–Crippen LogP) is 22.5. The smallest absolute Gasteiger partial charge is 0.462 e. The minimum Gasteiger partial charge on any atom is -0.462 e. The van der Waals surface area contributed by atoms with E-state index in [1.54, 1.807) is 0 Å². The summed E-state index contributed by atoms with van der Waals surface area (Å²) in [6.45, 7) is 11.8. The third kappa shape index (κ3) is 71.7. The molecule has 0 saturated carbocycles. The van der Waals surface area contributed by atoms with E-state index in [9.17, 15) is 43.2 Å². The first-order valence-electron chi connectivity index (χ1n) is 39.7. The highest BCUT2D eigenvalue weighted by molar-refractivity contribution is 7.47. The van der Waals surface area contributed by atoms with Crippen molar-refractivity contribution in [3.05, 3.63) is 24.3 Å². The molecule has 19 heteroatoms. The van der Waals surface area contributed by atoms with Crippen molar-refractivity contribution < 1.29 is 80.2 Å². The molecule has 17 nitrogen and oxygen atoms in total. The first-order valence-corrected chi connectivity index (χ1v) is 42.7. The molecule has 0 radical (unpaired) electrons. The van der Waals surface area contributed by atoms with E-state index in [-0.39, 0.29) is 25.7 Å². The van der Waals surface area contributed by atoms with Crippen molar-refractivity contribution in [2.45, 2.75) is 394 Å². The molecule has 0 aliphatic carbocycles. The second-order valence-electron chi connectivity index (χ2n) is 28.8. The number of esters is 4. The van der Waals surface area contributed by atoms with Crippen molar-refractivity contribution in [1.29, 1.82) is 0 Å². The van der Waals surface area contributed by atoms with E-state index in [1.807, 2.05) is 0 Å². The van der Waals surface area contributed by atoms with E-state index in [1.165, 1.54) is 167 Å². The Bertz CT molecular complexity index is 1980. The van der Waals surface area contributed by atoms with E-state index in [2.05, 4.69) is 72.8 Å². The fourth-order valence-corrected chi connectivity index (χ4v) is 13.0. The Morgan fingerprint density at radius 3 is 0.835 bits per heavy atom. The number of aliphatic hydroxyl groups excluding tert-OH is 1. The van der Waals surface area contributed by atoms with Crippen LogP contribution in [-0.2, 0) is 65.4 Å². The first-order chi connectivity index (χ1) is 46.7. The van der Waals surface area contributed by atoms with Gasteiger partial charge in [-0.3, -0.25) is 37.3 Å². The lowest BCUT2D eigenvalue weighted by atomic mass is 10.0. The van der Waals surface area contributed by atoms with E-state index in [0.29, 0.717) is 31.6 Å². The number of phosphoric acid groups is 2. The van der Waals surface area contributed by atoms with Crippen LogP contribution in [0.1, 0.15) is 376 Å². The fourth-order valence-electron chi connectivity index (χ4n) is 11.4. The predicted molar refractivity (Wildman–Crippen MR) is 395 cm³/mol. The van der Waals surface area contributed by atoms with Crippen LogP contribution in [0.5, 0.6) is 0 Å². The summed E-state index contributed by atoms with van der Waals surface area (Å²) >= 11 is 0. The molecule has 0 aliphatic rings. The Balaban J connectivity index is 5.27. The summed E-state index contributed by atoms with van der Waals surface area (Å²) in [4.78, 5) is 72.8. The molecular weight excluding hydrogens is 1270 g/mol. The largest absolute Gasteiger partial charge is 0.472 e. The molecule has 97 heavy (non-hydrogen) atoms. The van der Waals surface area contributed by atoms with Crippen molar-refractivity contribution in [3.63, 3.8) is 0 Å².